The van der Waals surface area contributed by atoms with Gasteiger partial charge in [-0.05, 0) is 36.7 Å². The molecule has 0 aromatic heterocycles. The smallest absolute Gasteiger partial charge is 0.166 e. The first-order valence-corrected chi connectivity index (χ1v) is 7.13. The van der Waals surface area contributed by atoms with Crippen LogP contribution in [0.25, 0.3) is 0 Å². The van der Waals surface area contributed by atoms with Gasteiger partial charge in [0, 0.05) is 6.54 Å². The molecule has 103 valence electrons. The average molecular weight is 283 g/mol. The molecular weight excluding hydrogens is 264 g/mol. The van der Waals surface area contributed by atoms with Gasteiger partial charge < -0.3 is 10.6 Å². The van der Waals surface area contributed by atoms with Crippen LogP contribution in [0.3, 0.4) is 0 Å². The Kier molecular flexibility index (Phi) is 5.56. The van der Waals surface area contributed by atoms with Crippen LogP contribution in [0.2, 0.25) is 0 Å². The van der Waals surface area contributed by atoms with E-state index in [9.17, 15) is 0 Å². The summed E-state index contributed by atoms with van der Waals surface area (Å²) in [6, 6.07) is 20.4. The minimum Gasteiger partial charge on any atom is -0.362 e. The maximum atomic E-state index is 5.28. The van der Waals surface area contributed by atoms with E-state index in [4.69, 9.17) is 12.2 Å². The summed E-state index contributed by atoms with van der Waals surface area (Å²) in [6.07, 6.45) is 0.954. The molecule has 2 aromatic carbocycles. The van der Waals surface area contributed by atoms with Crippen LogP contribution in [0.15, 0.2) is 60.7 Å². The predicted molar refractivity (Wildman–Crippen MR) is 88.4 cm³/mol. The molecule has 2 N–H and O–H groups in total. The van der Waals surface area contributed by atoms with Gasteiger partial charge in [-0.1, -0.05) is 60.7 Å². The molecule has 0 saturated carbocycles. The van der Waals surface area contributed by atoms with Gasteiger partial charge in [0.05, 0.1) is 6.04 Å². The number of benzene rings is 2. The van der Waals surface area contributed by atoms with E-state index in [1.165, 1.54) is 5.56 Å². The second-order valence-electron chi connectivity index (χ2n) is 4.60. The lowest BCUT2D eigenvalue weighted by Crippen LogP contribution is -2.37. The molecule has 0 fully saturated rings. The number of hydrogen-bond donors (Lipinski definition) is 2. The summed E-state index contributed by atoms with van der Waals surface area (Å²) in [6.45, 7) is 4.89. The van der Waals surface area contributed by atoms with E-state index in [0.29, 0.717) is 5.11 Å². The van der Waals surface area contributed by atoms with Gasteiger partial charge in [-0.15, -0.1) is 0 Å². The van der Waals surface area contributed by atoms with Gasteiger partial charge in [-0.3, -0.25) is 0 Å². The van der Waals surface area contributed by atoms with Gasteiger partial charge >= 0.3 is 0 Å². The zero-order valence-corrected chi connectivity index (χ0v) is 12.2. The van der Waals surface area contributed by atoms with Gasteiger partial charge in [0.15, 0.2) is 5.11 Å². The van der Waals surface area contributed by atoms with Crippen LogP contribution in [0.5, 0.6) is 0 Å². The SMILES string of the molecule is [CH2]C(NC(=S)NCCc1ccccc1)c1ccccc1. The van der Waals surface area contributed by atoms with Crippen molar-refractivity contribution in [2.75, 3.05) is 6.54 Å². The summed E-state index contributed by atoms with van der Waals surface area (Å²) in [4.78, 5) is 0. The molecule has 2 rings (SSSR count). The first kappa shape index (κ1) is 14.5. The number of thiocarbonyl (C=S) groups is 1. The fourth-order valence-corrected chi connectivity index (χ4v) is 2.19. The summed E-state index contributed by atoms with van der Waals surface area (Å²) in [7, 11) is 0. The van der Waals surface area contributed by atoms with Crippen molar-refractivity contribution in [3.8, 4) is 0 Å². The lowest BCUT2D eigenvalue weighted by Gasteiger charge is -2.17. The lowest BCUT2D eigenvalue weighted by molar-refractivity contribution is 0.750. The number of nitrogens with one attached hydrogen (secondary N) is 2. The van der Waals surface area contributed by atoms with Gasteiger partial charge in [-0.25, -0.2) is 0 Å². The highest BCUT2D eigenvalue weighted by atomic mass is 32.1. The third-order valence-electron chi connectivity index (χ3n) is 3.05. The summed E-state index contributed by atoms with van der Waals surface area (Å²) >= 11 is 5.28. The summed E-state index contributed by atoms with van der Waals surface area (Å²) in [5, 5.41) is 7.05. The van der Waals surface area contributed by atoms with Crippen molar-refractivity contribution in [1.82, 2.24) is 10.6 Å². The molecule has 1 atom stereocenters. The molecule has 0 aliphatic carbocycles. The van der Waals surface area contributed by atoms with Crippen LogP contribution in [0, 0.1) is 6.92 Å². The molecule has 1 unspecified atom stereocenters. The Morgan fingerprint density at radius 2 is 1.60 bits per heavy atom. The summed E-state index contributed by atoms with van der Waals surface area (Å²) in [5.74, 6) is 0. The Hall–Kier alpha value is -1.87. The van der Waals surface area contributed by atoms with Crippen LogP contribution in [-0.2, 0) is 6.42 Å². The average Bonchev–Trinajstić information content (AvgIpc) is 2.49. The van der Waals surface area contributed by atoms with Crippen LogP contribution in [0.4, 0.5) is 0 Å². The van der Waals surface area contributed by atoms with Gasteiger partial charge in [-0.2, -0.15) is 0 Å². The first-order valence-electron chi connectivity index (χ1n) is 6.72. The third-order valence-corrected chi connectivity index (χ3v) is 3.31. The molecule has 1 radical (unpaired) electrons. The van der Waals surface area contributed by atoms with E-state index in [2.05, 4.69) is 29.7 Å². The molecule has 0 bridgehead atoms. The molecular formula is C17H19N2S. The first-order chi connectivity index (χ1) is 9.75. The molecule has 0 heterocycles. The number of rotatable bonds is 5. The lowest BCUT2D eigenvalue weighted by atomic mass is 10.1. The molecule has 20 heavy (non-hydrogen) atoms. The molecule has 2 nitrogen and oxygen atoms in total. The molecule has 0 aliphatic rings. The van der Waals surface area contributed by atoms with E-state index < -0.39 is 0 Å². The Morgan fingerprint density at radius 1 is 1.00 bits per heavy atom. The maximum absolute atomic E-state index is 5.28. The predicted octanol–water partition coefficient (Wildman–Crippen LogP) is 3.27. The van der Waals surface area contributed by atoms with Gasteiger partial charge in [0.1, 0.15) is 0 Å². The van der Waals surface area contributed by atoms with Crippen molar-refractivity contribution < 1.29 is 0 Å². The quantitative estimate of drug-likeness (QED) is 0.824. The van der Waals surface area contributed by atoms with Crippen molar-refractivity contribution >= 4 is 17.3 Å². The molecule has 0 aliphatic heterocycles. The van der Waals surface area contributed by atoms with Crippen LogP contribution >= 0.6 is 12.2 Å². The van der Waals surface area contributed by atoms with Crippen LogP contribution < -0.4 is 10.6 Å². The van der Waals surface area contributed by atoms with Gasteiger partial charge in [0.25, 0.3) is 0 Å². The van der Waals surface area contributed by atoms with Crippen molar-refractivity contribution in [2.24, 2.45) is 0 Å². The Labute approximate surface area is 126 Å². The zero-order chi connectivity index (χ0) is 14.2. The molecule has 2 aromatic rings. The van der Waals surface area contributed by atoms with Gasteiger partial charge in [0.2, 0.25) is 0 Å². The van der Waals surface area contributed by atoms with E-state index in [1.807, 2.05) is 48.5 Å². The third kappa shape index (κ3) is 4.67. The second kappa shape index (κ2) is 7.65. The van der Waals surface area contributed by atoms with Crippen molar-refractivity contribution in [2.45, 2.75) is 12.5 Å². The van der Waals surface area contributed by atoms with E-state index >= 15 is 0 Å². The Balaban J connectivity index is 1.73. The zero-order valence-electron chi connectivity index (χ0n) is 11.4. The summed E-state index contributed by atoms with van der Waals surface area (Å²) < 4.78 is 0. The van der Waals surface area contributed by atoms with E-state index in [0.717, 1.165) is 18.5 Å². The minimum absolute atomic E-state index is 0.0343. The van der Waals surface area contributed by atoms with Crippen molar-refractivity contribution in [1.29, 1.82) is 0 Å². The van der Waals surface area contributed by atoms with E-state index in [-0.39, 0.29) is 6.04 Å². The highest BCUT2D eigenvalue weighted by Gasteiger charge is 2.05. The Bertz CT molecular complexity index is 525. The minimum atomic E-state index is -0.0343. The monoisotopic (exact) mass is 283 g/mol. The number of hydrogen-bond acceptors (Lipinski definition) is 1. The highest BCUT2D eigenvalue weighted by molar-refractivity contribution is 7.80. The molecule has 3 heteroatoms. The second-order valence-corrected chi connectivity index (χ2v) is 5.01. The summed E-state index contributed by atoms with van der Waals surface area (Å²) in [5.41, 5.74) is 2.43. The maximum Gasteiger partial charge on any atom is 0.166 e. The van der Waals surface area contributed by atoms with Crippen LogP contribution in [0.1, 0.15) is 17.2 Å². The molecule has 0 spiro atoms. The standard InChI is InChI=1S/C17H19N2S/c1-14(16-10-6-3-7-11-16)19-17(20)18-13-12-15-8-4-2-5-9-15/h2-11,14H,1,12-13H2,(H2,18,19,20). The van der Waals surface area contributed by atoms with Crippen molar-refractivity contribution in [3.63, 3.8) is 0 Å². The Morgan fingerprint density at radius 3 is 2.25 bits per heavy atom. The largest absolute Gasteiger partial charge is 0.362 e. The normalized spacial score (nSPS) is 11.7. The van der Waals surface area contributed by atoms with Crippen LogP contribution in [-0.4, -0.2) is 11.7 Å². The topological polar surface area (TPSA) is 24.1 Å². The highest BCUT2D eigenvalue weighted by Crippen LogP contribution is 2.10. The van der Waals surface area contributed by atoms with E-state index in [1.54, 1.807) is 0 Å². The fourth-order valence-electron chi connectivity index (χ4n) is 1.94. The van der Waals surface area contributed by atoms with Crippen molar-refractivity contribution in [3.05, 3.63) is 78.7 Å². The fraction of sp³-hybridized carbons (Fsp3) is 0.176. The molecule has 0 saturated heterocycles. The molecule has 0 amide bonds.